The number of nitrogens with zero attached hydrogens (tertiary/aromatic N) is 3. The van der Waals surface area contributed by atoms with Crippen LogP contribution >= 0.6 is 11.8 Å². The summed E-state index contributed by atoms with van der Waals surface area (Å²) in [7, 11) is 0. The van der Waals surface area contributed by atoms with Gasteiger partial charge in [0.1, 0.15) is 0 Å². The Kier molecular flexibility index (Phi) is 7.21. The minimum absolute atomic E-state index is 0.664. The minimum Gasteiger partial charge on any atom is -0.317 e. The van der Waals surface area contributed by atoms with Gasteiger partial charge in [0.25, 0.3) is 0 Å². The highest BCUT2D eigenvalue weighted by Gasteiger charge is 2.14. The second-order valence-corrected chi connectivity index (χ2v) is 6.74. The second kappa shape index (κ2) is 10.3. The fourth-order valence-electron chi connectivity index (χ4n) is 2.70. The highest BCUT2D eigenvalue weighted by Crippen LogP contribution is 2.20. The predicted octanol–water partition coefficient (Wildman–Crippen LogP) is 6.18. The van der Waals surface area contributed by atoms with Crippen molar-refractivity contribution in [2.24, 2.45) is 9.98 Å². The molecule has 0 fully saturated rings. The molecular weight excluding hydrogens is 362 g/mol. The highest BCUT2D eigenvalue weighted by atomic mass is 32.2. The zero-order valence-electron chi connectivity index (χ0n) is 15.9. The minimum atomic E-state index is 0.664. The lowest BCUT2D eigenvalue weighted by Crippen LogP contribution is -2.29. The molecule has 0 bridgehead atoms. The van der Waals surface area contributed by atoms with E-state index in [2.05, 4.69) is 23.6 Å². The van der Waals surface area contributed by atoms with Crippen molar-refractivity contribution in [3.05, 3.63) is 109 Å². The maximum absolute atomic E-state index is 4.96. The maximum atomic E-state index is 4.96. The normalized spacial score (nSPS) is 11.9. The largest absolute Gasteiger partial charge is 0.317 e. The first kappa shape index (κ1) is 19.6. The number of hydrogen-bond donors (Lipinski definition) is 0. The lowest BCUT2D eigenvalue weighted by Gasteiger charge is -2.24. The van der Waals surface area contributed by atoms with Gasteiger partial charge in [-0.3, -0.25) is 0 Å². The van der Waals surface area contributed by atoms with E-state index in [1.54, 1.807) is 11.8 Å². The SMILES string of the molecule is C=CCN(C(=NC(=Nc1ccccc1)c1ccccc1)SC)c1ccccc1. The number of amidine groups is 2. The van der Waals surface area contributed by atoms with Crippen LogP contribution < -0.4 is 4.90 Å². The molecular formula is C24H23N3S. The molecule has 0 aliphatic heterocycles. The molecule has 0 saturated heterocycles. The predicted molar refractivity (Wildman–Crippen MR) is 124 cm³/mol. The van der Waals surface area contributed by atoms with Crippen molar-refractivity contribution in [3.8, 4) is 0 Å². The number of aliphatic imine (C=N–C) groups is 2. The quantitative estimate of drug-likeness (QED) is 0.298. The second-order valence-electron chi connectivity index (χ2n) is 5.97. The first-order valence-corrected chi connectivity index (χ1v) is 10.3. The van der Waals surface area contributed by atoms with Crippen LogP contribution in [0.5, 0.6) is 0 Å². The van der Waals surface area contributed by atoms with E-state index in [9.17, 15) is 0 Å². The summed E-state index contributed by atoms with van der Waals surface area (Å²) in [4.78, 5) is 11.9. The van der Waals surface area contributed by atoms with Crippen LogP contribution in [0.25, 0.3) is 0 Å². The van der Waals surface area contributed by atoms with Crippen molar-refractivity contribution in [2.45, 2.75) is 0 Å². The number of hydrogen-bond acceptors (Lipinski definition) is 2. The average Bonchev–Trinajstić information content (AvgIpc) is 2.77. The molecule has 0 spiro atoms. The van der Waals surface area contributed by atoms with Crippen LogP contribution in [-0.4, -0.2) is 23.8 Å². The van der Waals surface area contributed by atoms with Gasteiger partial charge in [-0.1, -0.05) is 84.6 Å². The number of benzene rings is 3. The van der Waals surface area contributed by atoms with Gasteiger partial charge < -0.3 is 4.90 Å². The zero-order chi connectivity index (χ0) is 19.6. The van der Waals surface area contributed by atoms with E-state index in [1.165, 1.54) is 0 Å². The Labute approximate surface area is 171 Å². The van der Waals surface area contributed by atoms with Crippen molar-refractivity contribution < 1.29 is 0 Å². The average molecular weight is 386 g/mol. The molecule has 0 heterocycles. The van der Waals surface area contributed by atoms with Crippen LogP contribution in [0.2, 0.25) is 0 Å². The molecule has 28 heavy (non-hydrogen) atoms. The topological polar surface area (TPSA) is 28.0 Å². The molecule has 3 aromatic carbocycles. The monoisotopic (exact) mass is 385 g/mol. The first-order valence-electron chi connectivity index (χ1n) is 9.07. The summed E-state index contributed by atoms with van der Waals surface area (Å²) in [6, 6.07) is 30.2. The van der Waals surface area contributed by atoms with Gasteiger partial charge in [0.15, 0.2) is 11.0 Å². The molecule has 0 radical (unpaired) electrons. The first-order chi connectivity index (χ1) is 13.8. The summed E-state index contributed by atoms with van der Waals surface area (Å²) in [5.74, 6) is 0.682. The van der Waals surface area contributed by atoms with Crippen molar-refractivity contribution in [3.63, 3.8) is 0 Å². The molecule has 3 aromatic rings. The molecule has 3 nitrogen and oxygen atoms in total. The Hall–Kier alpha value is -3.11. The van der Waals surface area contributed by atoms with Gasteiger partial charge in [-0.05, 0) is 30.5 Å². The fourth-order valence-corrected chi connectivity index (χ4v) is 3.28. The van der Waals surface area contributed by atoms with Crippen LogP contribution in [-0.2, 0) is 0 Å². The Morgan fingerprint density at radius 3 is 2.04 bits per heavy atom. The van der Waals surface area contributed by atoms with Crippen LogP contribution in [0.3, 0.4) is 0 Å². The summed E-state index contributed by atoms with van der Waals surface area (Å²) >= 11 is 1.59. The van der Waals surface area contributed by atoms with Gasteiger partial charge in [0.2, 0.25) is 0 Å². The third-order valence-corrected chi connectivity index (χ3v) is 4.69. The molecule has 3 rings (SSSR count). The fraction of sp³-hybridized carbons (Fsp3) is 0.0833. The van der Waals surface area contributed by atoms with E-state index >= 15 is 0 Å². The molecule has 0 aliphatic carbocycles. The number of thioether (sulfide) groups is 1. The molecule has 0 N–H and O–H groups in total. The summed E-state index contributed by atoms with van der Waals surface area (Å²) in [6.07, 6.45) is 3.91. The molecule has 140 valence electrons. The standard InChI is InChI=1S/C24H23N3S/c1-3-19-27(22-17-11-6-12-18-22)24(28-2)26-23(20-13-7-4-8-14-20)25-21-15-9-5-10-16-21/h3-18H,1,19H2,2H3. The molecule has 0 aliphatic rings. The Bertz CT molecular complexity index is 935. The summed E-state index contributed by atoms with van der Waals surface area (Å²) in [5, 5.41) is 0.865. The molecule has 0 unspecified atom stereocenters. The van der Waals surface area contributed by atoms with Crippen molar-refractivity contribution in [2.75, 3.05) is 17.7 Å². The number of anilines is 1. The van der Waals surface area contributed by atoms with E-state index in [0.29, 0.717) is 12.4 Å². The Balaban J connectivity index is 2.08. The van der Waals surface area contributed by atoms with Gasteiger partial charge in [-0.15, -0.1) is 6.58 Å². The van der Waals surface area contributed by atoms with E-state index in [4.69, 9.17) is 9.98 Å². The highest BCUT2D eigenvalue weighted by molar-refractivity contribution is 8.13. The molecule has 0 saturated carbocycles. The molecule has 0 amide bonds. The van der Waals surface area contributed by atoms with Gasteiger partial charge in [-0.2, -0.15) is 0 Å². The summed E-state index contributed by atoms with van der Waals surface area (Å²) in [5.41, 5.74) is 2.92. The van der Waals surface area contributed by atoms with E-state index in [0.717, 1.165) is 22.1 Å². The van der Waals surface area contributed by atoms with Crippen molar-refractivity contribution >= 4 is 34.1 Å². The van der Waals surface area contributed by atoms with Gasteiger partial charge in [-0.25, -0.2) is 9.98 Å². The molecule has 0 aromatic heterocycles. The van der Waals surface area contributed by atoms with Crippen LogP contribution in [0.4, 0.5) is 11.4 Å². The van der Waals surface area contributed by atoms with Crippen LogP contribution in [0, 0.1) is 0 Å². The lowest BCUT2D eigenvalue weighted by molar-refractivity contribution is 1.15. The molecule has 0 atom stereocenters. The van der Waals surface area contributed by atoms with Crippen molar-refractivity contribution in [1.29, 1.82) is 0 Å². The summed E-state index contributed by atoms with van der Waals surface area (Å²) < 4.78 is 0. The summed E-state index contributed by atoms with van der Waals surface area (Å²) in [6.45, 7) is 4.58. The smallest absolute Gasteiger partial charge is 0.170 e. The third kappa shape index (κ3) is 5.21. The lowest BCUT2D eigenvalue weighted by atomic mass is 10.2. The van der Waals surface area contributed by atoms with E-state index in [-0.39, 0.29) is 0 Å². The van der Waals surface area contributed by atoms with Crippen LogP contribution in [0.15, 0.2) is 114 Å². The molecule has 4 heteroatoms. The van der Waals surface area contributed by atoms with Gasteiger partial charge in [0.05, 0.1) is 5.69 Å². The zero-order valence-corrected chi connectivity index (χ0v) is 16.7. The van der Waals surface area contributed by atoms with E-state index < -0.39 is 0 Å². The van der Waals surface area contributed by atoms with Gasteiger partial charge in [0, 0.05) is 17.8 Å². The van der Waals surface area contributed by atoms with E-state index in [1.807, 2.05) is 91.2 Å². The van der Waals surface area contributed by atoms with Crippen molar-refractivity contribution in [1.82, 2.24) is 0 Å². The maximum Gasteiger partial charge on any atom is 0.170 e. The van der Waals surface area contributed by atoms with Gasteiger partial charge >= 0.3 is 0 Å². The number of para-hydroxylation sites is 2. The number of rotatable bonds is 5. The third-order valence-electron chi connectivity index (χ3n) is 4.02. The Morgan fingerprint density at radius 2 is 1.46 bits per heavy atom. The van der Waals surface area contributed by atoms with Crippen LogP contribution in [0.1, 0.15) is 5.56 Å². The Morgan fingerprint density at radius 1 is 0.893 bits per heavy atom.